The van der Waals surface area contributed by atoms with Crippen LogP contribution >= 0.6 is 15.9 Å². The number of fused-ring (bicyclic) bond motifs is 2. The summed E-state index contributed by atoms with van der Waals surface area (Å²) >= 11 is 3.47. The normalized spacial score (nSPS) is 42.3. The number of alkyl halides is 1. The van der Waals surface area contributed by atoms with Gasteiger partial charge in [-0.2, -0.15) is 0 Å². The quantitative estimate of drug-likeness (QED) is 0.788. The second-order valence-electron chi connectivity index (χ2n) is 6.69. The van der Waals surface area contributed by atoms with Gasteiger partial charge in [-0.3, -0.25) is 4.79 Å². The Morgan fingerprint density at radius 1 is 1.42 bits per heavy atom. The molecule has 0 radical (unpaired) electrons. The van der Waals surface area contributed by atoms with Crippen LogP contribution in [0.5, 0.6) is 0 Å². The molecule has 0 unspecified atom stereocenters. The van der Waals surface area contributed by atoms with Gasteiger partial charge in [0.15, 0.2) is 5.78 Å². The third-order valence-corrected chi connectivity index (χ3v) is 7.95. The van der Waals surface area contributed by atoms with E-state index >= 15 is 0 Å². The van der Waals surface area contributed by atoms with Crippen LogP contribution in [0.4, 0.5) is 0 Å². The van der Waals surface area contributed by atoms with E-state index in [4.69, 9.17) is 0 Å². The number of halogens is 1. The first-order valence-corrected chi connectivity index (χ1v) is 9.29. The van der Waals surface area contributed by atoms with Crippen molar-refractivity contribution >= 4 is 31.7 Å². The fourth-order valence-corrected chi connectivity index (χ4v) is 7.36. The Bertz CT molecular complexity index is 504. The van der Waals surface area contributed by atoms with Gasteiger partial charge in [-0.05, 0) is 38.0 Å². The van der Waals surface area contributed by atoms with Gasteiger partial charge in [0.25, 0.3) is 0 Å². The smallest absolute Gasteiger partial charge is 0.212 e. The number of hydrogen-bond donors (Lipinski definition) is 1. The molecular weight excluding hydrogens is 330 g/mol. The summed E-state index contributed by atoms with van der Waals surface area (Å²) < 4.78 is 27.1. The minimum absolute atomic E-state index is 0.0349. The van der Waals surface area contributed by atoms with Gasteiger partial charge in [-0.1, -0.05) is 29.8 Å². The SMILES string of the molecule is CC(C)NS(=O)(=O)C[C@]1(C)[C@H]2CC[C@@]1(C)C(=O)[C@H]2Br. The van der Waals surface area contributed by atoms with E-state index in [2.05, 4.69) is 20.7 Å². The molecule has 0 spiro atoms. The van der Waals surface area contributed by atoms with E-state index in [-0.39, 0.29) is 28.3 Å². The first kappa shape index (κ1) is 15.4. The van der Waals surface area contributed by atoms with Crippen LogP contribution in [0, 0.1) is 16.7 Å². The minimum atomic E-state index is -3.36. The first-order chi connectivity index (χ1) is 8.53. The molecule has 2 fully saturated rings. The summed E-state index contributed by atoms with van der Waals surface area (Å²) in [5.41, 5.74) is -0.990. The summed E-state index contributed by atoms with van der Waals surface area (Å²) in [5, 5.41) is 0. The van der Waals surface area contributed by atoms with Gasteiger partial charge in [0.1, 0.15) is 0 Å². The third-order valence-electron chi connectivity index (χ3n) is 5.09. The maximum absolute atomic E-state index is 12.4. The van der Waals surface area contributed by atoms with Crippen LogP contribution in [0.1, 0.15) is 40.5 Å². The Labute approximate surface area is 123 Å². The fourth-order valence-electron chi connectivity index (χ4n) is 3.88. The molecule has 0 saturated heterocycles. The zero-order valence-electron chi connectivity index (χ0n) is 11.9. The summed E-state index contributed by atoms with van der Waals surface area (Å²) in [6, 6.07) is -0.115. The molecule has 0 aromatic heterocycles. The molecule has 1 N–H and O–H groups in total. The second-order valence-corrected chi connectivity index (χ2v) is 9.43. The molecule has 2 saturated carbocycles. The highest BCUT2D eigenvalue weighted by molar-refractivity contribution is 9.10. The van der Waals surface area contributed by atoms with E-state index in [0.717, 1.165) is 12.8 Å². The van der Waals surface area contributed by atoms with Crippen LogP contribution in [0.25, 0.3) is 0 Å². The van der Waals surface area contributed by atoms with Crippen LogP contribution in [-0.2, 0) is 14.8 Å². The van der Waals surface area contributed by atoms with Crippen molar-refractivity contribution in [2.75, 3.05) is 5.75 Å². The second kappa shape index (κ2) is 4.53. The number of hydrogen-bond acceptors (Lipinski definition) is 3. The first-order valence-electron chi connectivity index (χ1n) is 6.72. The van der Waals surface area contributed by atoms with Crippen molar-refractivity contribution in [3.8, 4) is 0 Å². The maximum Gasteiger partial charge on any atom is 0.212 e. The number of nitrogens with one attached hydrogen (secondary N) is 1. The number of Topliss-reactive ketones (excluding diaryl/α,β-unsaturated/α-hetero) is 1. The van der Waals surface area contributed by atoms with Crippen molar-refractivity contribution in [3.63, 3.8) is 0 Å². The molecule has 0 aromatic carbocycles. The van der Waals surface area contributed by atoms with E-state index in [1.807, 2.05) is 27.7 Å². The Kier molecular flexibility index (Phi) is 3.68. The summed E-state index contributed by atoms with van der Waals surface area (Å²) in [6.45, 7) is 7.51. The Balaban J connectivity index is 2.32. The van der Waals surface area contributed by atoms with Crippen LogP contribution in [0.15, 0.2) is 0 Å². The Hall–Kier alpha value is 0.0600. The van der Waals surface area contributed by atoms with Crippen LogP contribution < -0.4 is 4.72 Å². The van der Waals surface area contributed by atoms with E-state index in [1.165, 1.54) is 0 Å². The Morgan fingerprint density at radius 2 is 2.00 bits per heavy atom. The maximum atomic E-state index is 12.4. The van der Waals surface area contributed by atoms with Gasteiger partial charge in [-0.25, -0.2) is 13.1 Å². The highest BCUT2D eigenvalue weighted by Gasteiger charge is 2.68. The molecular formula is C13H22BrNO3S. The largest absolute Gasteiger partial charge is 0.298 e. The van der Waals surface area contributed by atoms with Crippen molar-refractivity contribution in [1.29, 1.82) is 0 Å². The molecule has 6 heteroatoms. The monoisotopic (exact) mass is 351 g/mol. The van der Waals surface area contributed by atoms with Gasteiger partial charge < -0.3 is 0 Å². The molecule has 110 valence electrons. The molecule has 0 amide bonds. The van der Waals surface area contributed by atoms with Crippen molar-refractivity contribution < 1.29 is 13.2 Å². The predicted octanol–water partition coefficient (Wildman–Crippen LogP) is 2.08. The average molecular weight is 352 g/mol. The lowest BCUT2D eigenvalue weighted by Crippen LogP contribution is -2.45. The molecule has 4 atom stereocenters. The number of carbonyl (C=O) groups is 1. The highest BCUT2D eigenvalue weighted by Crippen LogP contribution is 2.65. The fraction of sp³-hybridized carbons (Fsp3) is 0.923. The van der Waals surface area contributed by atoms with Crippen molar-refractivity contribution in [2.24, 2.45) is 16.7 Å². The van der Waals surface area contributed by atoms with Gasteiger partial charge in [0.2, 0.25) is 10.0 Å². The van der Waals surface area contributed by atoms with E-state index in [0.29, 0.717) is 0 Å². The molecule has 2 rings (SSSR count). The zero-order chi connectivity index (χ0) is 14.6. The molecule has 4 nitrogen and oxygen atoms in total. The number of ketones is 1. The van der Waals surface area contributed by atoms with E-state index in [1.54, 1.807) is 0 Å². The lowest BCUT2D eigenvalue weighted by Gasteiger charge is -2.36. The molecule has 2 aliphatic carbocycles. The molecule has 19 heavy (non-hydrogen) atoms. The molecule has 0 aliphatic heterocycles. The molecule has 0 aromatic rings. The number of sulfonamides is 1. The average Bonchev–Trinajstić information content (AvgIpc) is 2.52. The number of carbonyl (C=O) groups excluding carboxylic acids is 1. The standard InChI is InChI=1S/C13H22BrNO3S/c1-8(2)15-19(17,18)7-13(4)9-5-6-12(13,3)11(16)10(9)14/h8-10,15H,5-7H2,1-4H3/t9-,10-,12-,13+/m0/s1. The third kappa shape index (κ3) is 2.20. The molecule has 2 bridgehead atoms. The van der Waals surface area contributed by atoms with Crippen LogP contribution in [0.3, 0.4) is 0 Å². The van der Waals surface area contributed by atoms with Crippen molar-refractivity contribution in [1.82, 2.24) is 4.72 Å². The van der Waals surface area contributed by atoms with Crippen LogP contribution in [0.2, 0.25) is 0 Å². The Morgan fingerprint density at radius 3 is 2.42 bits per heavy atom. The van der Waals surface area contributed by atoms with E-state index in [9.17, 15) is 13.2 Å². The van der Waals surface area contributed by atoms with Gasteiger partial charge in [0, 0.05) is 11.5 Å². The van der Waals surface area contributed by atoms with Crippen molar-refractivity contribution in [3.05, 3.63) is 0 Å². The highest BCUT2D eigenvalue weighted by atomic mass is 79.9. The van der Waals surface area contributed by atoms with Gasteiger partial charge >= 0.3 is 0 Å². The van der Waals surface area contributed by atoms with E-state index < -0.39 is 20.9 Å². The summed E-state index contributed by atoms with van der Waals surface area (Å²) in [4.78, 5) is 12.2. The summed E-state index contributed by atoms with van der Waals surface area (Å²) in [7, 11) is -3.36. The topological polar surface area (TPSA) is 63.2 Å². The summed E-state index contributed by atoms with van der Waals surface area (Å²) in [6.07, 6.45) is 1.72. The predicted molar refractivity (Wildman–Crippen MR) is 78.7 cm³/mol. The number of rotatable bonds is 4. The molecule has 0 heterocycles. The van der Waals surface area contributed by atoms with Crippen molar-refractivity contribution in [2.45, 2.75) is 51.4 Å². The molecule has 2 aliphatic rings. The lowest BCUT2D eigenvalue weighted by molar-refractivity contribution is -0.127. The summed E-state index contributed by atoms with van der Waals surface area (Å²) in [5.74, 6) is 0.326. The van der Waals surface area contributed by atoms with Crippen LogP contribution in [-0.4, -0.2) is 30.8 Å². The van der Waals surface area contributed by atoms with Gasteiger partial charge in [-0.15, -0.1) is 0 Å². The zero-order valence-corrected chi connectivity index (χ0v) is 14.3. The van der Waals surface area contributed by atoms with Gasteiger partial charge in [0.05, 0.1) is 10.6 Å². The lowest BCUT2D eigenvalue weighted by atomic mass is 9.70. The minimum Gasteiger partial charge on any atom is -0.298 e.